The van der Waals surface area contributed by atoms with Crippen LogP contribution in [-0.4, -0.2) is 30.9 Å². The van der Waals surface area contributed by atoms with Gasteiger partial charge in [-0.15, -0.1) is 0 Å². The highest BCUT2D eigenvalue weighted by atomic mass is 16.7. The van der Waals surface area contributed by atoms with Crippen molar-refractivity contribution in [3.63, 3.8) is 0 Å². The van der Waals surface area contributed by atoms with Crippen LogP contribution in [0.3, 0.4) is 0 Å². The highest BCUT2D eigenvalue weighted by Crippen LogP contribution is 2.35. The van der Waals surface area contributed by atoms with E-state index in [1.165, 1.54) is 0 Å². The molecule has 1 saturated heterocycles. The summed E-state index contributed by atoms with van der Waals surface area (Å²) in [6, 6.07) is 15.4. The molecule has 1 N–H and O–H groups in total. The first-order valence-corrected chi connectivity index (χ1v) is 8.05. The number of carboxylic acid groups (broad SMARTS) is 1. The third-order valence-corrected chi connectivity index (χ3v) is 3.73. The average molecular weight is 344 g/mol. The lowest BCUT2D eigenvalue weighted by molar-refractivity contribution is -0.142. The Morgan fingerprint density at radius 2 is 1.80 bits per heavy atom. The second-order valence-electron chi connectivity index (χ2n) is 5.56. The fourth-order valence-corrected chi connectivity index (χ4v) is 2.62. The molecule has 0 saturated carbocycles. The molecule has 25 heavy (non-hydrogen) atoms. The van der Waals surface area contributed by atoms with Crippen LogP contribution >= 0.6 is 0 Å². The van der Waals surface area contributed by atoms with Crippen molar-refractivity contribution in [2.75, 3.05) is 19.8 Å². The van der Waals surface area contributed by atoms with Gasteiger partial charge < -0.3 is 24.1 Å². The van der Waals surface area contributed by atoms with E-state index in [0.717, 1.165) is 16.7 Å². The lowest BCUT2D eigenvalue weighted by Crippen LogP contribution is -2.11. The van der Waals surface area contributed by atoms with Crippen LogP contribution in [0.5, 0.6) is 5.75 Å². The first kappa shape index (κ1) is 17.4. The maximum atomic E-state index is 10.7. The minimum absolute atomic E-state index is 0.146. The van der Waals surface area contributed by atoms with Gasteiger partial charge in [0.15, 0.2) is 6.29 Å². The zero-order valence-electron chi connectivity index (χ0n) is 13.7. The fraction of sp³-hybridized carbons (Fsp3) is 0.316. The van der Waals surface area contributed by atoms with Crippen molar-refractivity contribution in [1.82, 2.24) is 0 Å². The normalized spacial score (nSPS) is 14.6. The number of ether oxygens (including phenoxy) is 4. The molecule has 6 heteroatoms. The number of carbonyl (C=O) groups is 1. The third kappa shape index (κ3) is 4.79. The van der Waals surface area contributed by atoms with E-state index in [9.17, 15) is 4.79 Å². The Kier molecular flexibility index (Phi) is 6.00. The van der Waals surface area contributed by atoms with Crippen LogP contribution in [0.15, 0.2) is 48.5 Å². The Morgan fingerprint density at radius 1 is 1.04 bits per heavy atom. The number of benzene rings is 2. The molecular weight excluding hydrogens is 324 g/mol. The molecule has 0 aromatic heterocycles. The Balaban J connectivity index is 1.79. The molecule has 3 rings (SSSR count). The molecule has 0 unspecified atom stereocenters. The Hall–Kier alpha value is -2.41. The van der Waals surface area contributed by atoms with Gasteiger partial charge in [-0.2, -0.15) is 0 Å². The molecule has 0 spiro atoms. The number of rotatable bonds is 8. The van der Waals surface area contributed by atoms with Gasteiger partial charge in [0.05, 0.1) is 25.4 Å². The molecular formula is C19H20O6. The van der Waals surface area contributed by atoms with E-state index in [4.69, 9.17) is 24.1 Å². The standard InChI is InChI=1S/C19H20O6/c20-17(21)13-22-12-15-7-4-8-16(18(15)19-23-9-10-24-19)25-11-14-5-2-1-3-6-14/h1-8,19H,9-13H2,(H,20,21). The molecule has 0 atom stereocenters. The second-order valence-corrected chi connectivity index (χ2v) is 5.56. The van der Waals surface area contributed by atoms with Crippen LogP contribution < -0.4 is 4.74 Å². The van der Waals surface area contributed by atoms with Crippen molar-refractivity contribution < 1.29 is 28.8 Å². The average Bonchev–Trinajstić information content (AvgIpc) is 3.15. The summed E-state index contributed by atoms with van der Waals surface area (Å²) in [4.78, 5) is 10.7. The largest absolute Gasteiger partial charge is 0.488 e. The van der Waals surface area contributed by atoms with Crippen LogP contribution in [0.25, 0.3) is 0 Å². The quantitative estimate of drug-likeness (QED) is 0.794. The van der Waals surface area contributed by atoms with Gasteiger partial charge in [0, 0.05) is 0 Å². The SMILES string of the molecule is O=C(O)COCc1cccc(OCc2ccccc2)c1C1OCCO1. The smallest absolute Gasteiger partial charge is 0.329 e. The lowest BCUT2D eigenvalue weighted by atomic mass is 10.1. The van der Waals surface area contributed by atoms with Crippen LogP contribution in [0.2, 0.25) is 0 Å². The lowest BCUT2D eigenvalue weighted by Gasteiger charge is -2.19. The predicted octanol–water partition coefficient (Wildman–Crippen LogP) is 2.91. The van der Waals surface area contributed by atoms with E-state index < -0.39 is 12.3 Å². The van der Waals surface area contributed by atoms with Crippen molar-refractivity contribution in [2.45, 2.75) is 19.5 Å². The van der Waals surface area contributed by atoms with E-state index in [0.29, 0.717) is 25.6 Å². The molecule has 0 radical (unpaired) electrons. The number of hydrogen-bond acceptors (Lipinski definition) is 5. The number of hydrogen-bond donors (Lipinski definition) is 1. The number of aliphatic carboxylic acids is 1. The summed E-state index contributed by atoms with van der Waals surface area (Å²) in [5.41, 5.74) is 2.59. The molecule has 2 aromatic rings. The second kappa shape index (κ2) is 8.62. The minimum atomic E-state index is -1.01. The summed E-state index contributed by atoms with van der Waals surface area (Å²) in [7, 11) is 0. The van der Waals surface area contributed by atoms with Gasteiger partial charge >= 0.3 is 5.97 Å². The van der Waals surface area contributed by atoms with Crippen molar-refractivity contribution in [1.29, 1.82) is 0 Å². The van der Waals surface area contributed by atoms with Crippen molar-refractivity contribution in [2.24, 2.45) is 0 Å². The Morgan fingerprint density at radius 3 is 2.52 bits per heavy atom. The van der Waals surface area contributed by atoms with Gasteiger partial charge in [-0.05, 0) is 17.2 Å². The maximum Gasteiger partial charge on any atom is 0.329 e. The van der Waals surface area contributed by atoms with Crippen molar-refractivity contribution in [3.05, 3.63) is 65.2 Å². The van der Waals surface area contributed by atoms with Gasteiger partial charge in [0.2, 0.25) is 0 Å². The molecule has 6 nitrogen and oxygen atoms in total. The van der Waals surface area contributed by atoms with Gasteiger partial charge in [0.25, 0.3) is 0 Å². The summed E-state index contributed by atoms with van der Waals surface area (Å²) in [6.07, 6.45) is -0.532. The van der Waals surface area contributed by atoms with Gasteiger partial charge in [-0.25, -0.2) is 4.79 Å². The third-order valence-electron chi connectivity index (χ3n) is 3.73. The molecule has 1 aliphatic rings. The zero-order valence-corrected chi connectivity index (χ0v) is 13.7. The topological polar surface area (TPSA) is 74.2 Å². The first-order chi connectivity index (χ1) is 12.2. The Labute approximate surface area is 145 Å². The molecule has 0 bridgehead atoms. The fourth-order valence-electron chi connectivity index (χ4n) is 2.62. The van der Waals surface area contributed by atoms with E-state index in [1.54, 1.807) is 0 Å². The first-order valence-electron chi connectivity index (χ1n) is 8.05. The minimum Gasteiger partial charge on any atom is -0.488 e. The zero-order chi connectivity index (χ0) is 17.5. The number of carboxylic acids is 1. The summed E-state index contributed by atoms with van der Waals surface area (Å²) in [6.45, 7) is 1.22. The molecule has 0 amide bonds. The van der Waals surface area contributed by atoms with Gasteiger partial charge in [-0.1, -0.05) is 42.5 Å². The van der Waals surface area contributed by atoms with Crippen molar-refractivity contribution in [3.8, 4) is 5.75 Å². The van der Waals surface area contributed by atoms with Crippen LogP contribution in [0.4, 0.5) is 0 Å². The summed E-state index contributed by atoms with van der Waals surface area (Å²) in [5.74, 6) is -0.362. The van der Waals surface area contributed by atoms with Gasteiger partial charge in [0.1, 0.15) is 19.0 Å². The predicted molar refractivity (Wildman–Crippen MR) is 89.2 cm³/mol. The monoisotopic (exact) mass is 344 g/mol. The summed E-state index contributed by atoms with van der Waals surface area (Å²) in [5, 5.41) is 8.74. The molecule has 1 aliphatic heterocycles. The highest BCUT2D eigenvalue weighted by molar-refractivity contribution is 5.68. The van der Waals surface area contributed by atoms with Crippen LogP contribution in [-0.2, 0) is 32.2 Å². The summed E-state index contributed by atoms with van der Waals surface area (Å²) >= 11 is 0. The van der Waals surface area contributed by atoms with E-state index in [2.05, 4.69) is 0 Å². The maximum absolute atomic E-state index is 10.7. The molecule has 2 aromatic carbocycles. The van der Waals surface area contributed by atoms with E-state index in [1.807, 2.05) is 48.5 Å². The molecule has 132 valence electrons. The highest BCUT2D eigenvalue weighted by Gasteiger charge is 2.25. The molecule has 1 heterocycles. The van der Waals surface area contributed by atoms with Gasteiger partial charge in [-0.3, -0.25) is 0 Å². The Bertz CT molecular complexity index is 694. The van der Waals surface area contributed by atoms with Crippen molar-refractivity contribution >= 4 is 5.97 Å². The summed E-state index contributed by atoms with van der Waals surface area (Å²) < 4.78 is 22.5. The molecule has 0 aliphatic carbocycles. The van der Waals surface area contributed by atoms with E-state index in [-0.39, 0.29) is 13.2 Å². The van der Waals surface area contributed by atoms with Crippen LogP contribution in [0.1, 0.15) is 23.0 Å². The molecule has 1 fully saturated rings. The van der Waals surface area contributed by atoms with Crippen LogP contribution in [0, 0.1) is 0 Å². The van der Waals surface area contributed by atoms with E-state index >= 15 is 0 Å².